The normalized spacial score (nSPS) is 12.3. The van der Waals surface area contributed by atoms with Gasteiger partial charge in [-0.1, -0.05) is 121 Å². The minimum atomic E-state index is 0.535. The molecule has 0 aliphatic carbocycles. The molecule has 0 aliphatic heterocycles. The molecule has 0 radical (unpaired) electrons. The van der Waals surface area contributed by atoms with E-state index in [1.807, 2.05) is 29.5 Å². The van der Waals surface area contributed by atoms with E-state index in [9.17, 15) is 0 Å². The van der Waals surface area contributed by atoms with Gasteiger partial charge < -0.3 is 4.42 Å². The first kappa shape index (κ1) is 27.3. The van der Waals surface area contributed by atoms with Gasteiger partial charge in [0.15, 0.2) is 5.82 Å². The fraction of sp³-hybridized carbons (Fsp3) is 0. The third-order valence-corrected chi connectivity index (χ3v) is 11.7. The number of hydrogen-bond acceptors (Lipinski definition) is 4. The molecule has 0 spiro atoms. The first-order valence-electron chi connectivity index (χ1n) is 17.2. The smallest absolute Gasteiger partial charge is 0.247 e. The molecule has 12 aromatic rings. The van der Waals surface area contributed by atoms with E-state index in [0.29, 0.717) is 5.71 Å². The second-order valence-corrected chi connectivity index (χ2v) is 14.4. The van der Waals surface area contributed by atoms with Gasteiger partial charge in [-0.3, -0.25) is 4.57 Å². The second-order valence-electron chi connectivity index (χ2n) is 13.3. The highest BCUT2D eigenvalue weighted by atomic mass is 32.1. The summed E-state index contributed by atoms with van der Waals surface area (Å²) in [6, 6.07) is 54.1. The minimum absolute atomic E-state index is 0.535. The molecular formula is C46H25N3OS. The van der Waals surface area contributed by atoms with Gasteiger partial charge in [0.25, 0.3) is 0 Å². The Balaban J connectivity index is 1.34. The lowest BCUT2D eigenvalue weighted by molar-refractivity contribution is 0.653. The van der Waals surface area contributed by atoms with Gasteiger partial charge in [0, 0.05) is 37.2 Å². The number of fused-ring (bicyclic) bond motifs is 15. The first-order valence-corrected chi connectivity index (χ1v) is 18.0. The standard InChI is InChI=1S/C46H25N3OS/c1-2-14-28-25-38-35(24-27(28)13-1)40-31-18-6-5-17-30(31)39-33-19-7-9-22-36(33)49(43(39)44(40)51-38)45-41(32-21-11-15-26-12-3-4-16-29(26)32)48-46-42(47-45)34-20-8-10-23-37(34)50-46/h1-25H. The molecule has 0 atom stereocenters. The zero-order valence-electron chi connectivity index (χ0n) is 27.1. The molecule has 4 heterocycles. The molecule has 0 saturated carbocycles. The number of benzene rings is 8. The van der Waals surface area contributed by atoms with Crippen LogP contribution in [0.3, 0.4) is 0 Å². The summed E-state index contributed by atoms with van der Waals surface area (Å²) in [5.41, 5.74) is 6.12. The molecule has 0 saturated heterocycles. The van der Waals surface area contributed by atoms with Gasteiger partial charge in [-0.05, 0) is 62.6 Å². The van der Waals surface area contributed by atoms with Crippen LogP contribution in [0.25, 0.3) is 114 Å². The SMILES string of the molecule is c1ccc2cc3c(cc2c1)sc1c3c2ccccc2c2c3ccccc3n(-c3nc4c(nc3-c3cccc5ccccc35)oc3ccccc34)c12. The van der Waals surface area contributed by atoms with E-state index in [-0.39, 0.29) is 0 Å². The maximum absolute atomic E-state index is 6.40. The molecule has 12 rings (SSSR count). The third kappa shape index (κ3) is 3.68. The van der Waals surface area contributed by atoms with E-state index in [1.54, 1.807) is 0 Å². The number of nitrogens with zero attached hydrogens (tertiary/aromatic N) is 3. The van der Waals surface area contributed by atoms with Crippen LogP contribution < -0.4 is 0 Å². The molecular weight excluding hydrogens is 643 g/mol. The zero-order valence-corrected chi connectivity index (χ0v) is 27.9. The summed E-state index contributed by atoms with van der Waals surface area (Å²) in [5.74, 6) is 0.788. The quantitative estimate of drug-likeness (QED) is 0.184. The highest BCUT2D eigenvalue weighted by Gasteiger charge is 2.26. The monoisotopic (exact) mass is 667 g/mol. The van der Waals surface area contributed by atoms with E-state index < -0.39 is 0 Å². The predicted octanol–water partition coefficient (Wildman–Crippen LogP) is 13.0. The average molecular weight is 668 g/mol. The fourth-order valence-corrected chi connectivity index (χ4v) is 9.65. The minimum Gasteiger partial charge on any atom is -0.436 e. The van der Waals surface area contributed by atoms with E-state index in [4.69, 9.17) is 14.4 Å². The van der Waals surface area contributed by atoms with Gasteiger partial charge in [-0.25, -0.2) is 9.97 Å². The van der Waals surface area contributed by atoms with Crippen LogP contribution in [0.2, 0.25) is 0 Å². The van der Waals surface area contributed by atoms with E-state index in [0.717, 1.165) is 55.4 Å². The van der Waals surface area contributed by atoms with Crippen molar-refractivity contribution in [2.75, 3.05) is 0 Å². The molecule has 4 aromatic heterocycles. The van der Waals surface area contributed by atoms with Gasteiger partial charge in [0.2, 0.25) is 5.71 Å². The van der Waals surface area contributed by atoms with Gasteiger partial charge in [-0.2, -0.15) is 0 Å². The Kier molecular flexibility index (Phi) is 5.35. The van der Waals surface area contributed by atoms with Gasteiger partial charge in [-0.15, -0.1) is 11.3 Å². The Morgan fingerprint density at radius 1 is 0.510 bits per heavy atom. The van der Waals surface area contributed by atoms with E-state index in [2.05, 4.69) is 138 Å². The van der Waals surface area contributed by atoms with Crippen molar-refractivity contribution in [1.82, 2.24) is 14.5 Å². The summed E-state index contributed by atoms with van der Waals surface area (Å²) in [5, 5.41) is 13.2. The van der Waals surface area contributed by atoms with Gasteiger partial charge in [0.05, 0.1) is 15.7 Å². The predicted molar refractivity (Wildman–Crippen MR) is 214 cm³/mol. The van der Waals surface area contributed by atoms with E-state index in [1.165, 1.54) is 52.5 Å². The van der Waals surface area contributed by atoms with Crippen molar-refractivity contribution in [1.29, 1.82) is 0 Å². The summed E-state index contributed by atoms with van der Waals surface area (Å²) in [7, 11) is 0. The molecule has 0 unspecified atom stereocenters. The fourth-order valence-electron chi connectivity index (χ4n) is 8.37. The Hall–Kier alpha value is -6.56. The van der Waals surface area contributed by atoms with E-state index >= 15 is 0 Å². The van der Waals surface area contributed by atoms with Crippen molar-refractivity contribution in [3.05, 3.63) is 152 Å². The summed E-state index contributed by atoms with van der Waals surface area (Å²) in [6.45, 7) is 0. The second kappa shape index (κ2) is 10.0. The lowest BCUT2D eigenvalue weighted by Crippen LogP contribution is -2.03. The topological polar surface area (TPSA) is 43.9 Å². The number of rotatable bonds is 2. The maximum Gasteiger partial charge on any atom is 0.247 e. The number of furan rings is 1. The Bertz CT molecular complexity index is 3430. The average Bonchev–Trinajstić information content (AvgIpc) is 3.85. The summed E-state index contributed by atoms with van der Waals surface area (Å²) < 4.78 is 11.3. The van der Waals surface area contributed by atoms with Crippen molar-refractivity contribution in [3.8, 4) is 17.1 Å². The first-order chi connectivity index (χ1) is 25.3. The van der Waals surface area contributed by atoms with Crippen LogP contribution in [0.15, 0.2) is 156 Å². The Labute approximate surface area is 294 Å². The van der Waals surface area contributed by atoms with Crippen LogP contribution in [0.1, 0.15) is 0 Å². The van der Waals surface area contributed by atoms with Crippen LogP contribution in [-0.4, -0.2) is 14.5 Å². The molecule has 0 bridgehead atoms. The maximum atomic E-state index is 6.40. The van der Waals surface area contributed by atoms with Crippen LogP contribution in [0.4, 0.5) is 0 Å². The van der Waals surface area contributed by atoms with Crippen molar-refractivity contribution >= 4 is 108 Å². The van der Waals surface area contributed by atoms with Crippen LogP contribution in [0.5, 0.6) is 0 Å². The Morgan fingerprint density at radius 2 is 1.16 bits per heavy atom. The molecule has 0 amide bonds. The number of thiophene rings is 1. The van der Waals surface area contributed by atoms with Crippen molar-refractivity contribution in [2.24, 2.45) is 0 Å². The number of hydrogen-bond donors (Lipinski definition) is 0. The summed E-state index contributed by atoms with van der Waals surface area (Å²) in [6.07, 6.45) is 0. The van der Waals surface area contributed by atoms with Crippen molar-refractivity contribution in [3.63, 3.8) is 0 Å². The molecule has 236 valence electrons. The molecule has 4 nitrogen and oxygen atoms in total. The number of para-hydroxylation sites is 2. The highest BCUT2D eigenvalue weighted by molar-refractivity contribution is 7.27. The molecule has 51 heavy (non-hydrogen) atoms. The van der Waals surface area contributed by atoms with Gasteiger partial charge >= 0.3 is 0 Å². The largest absolute Gasteiger partial charge is 0.436 e. The molecule has 8 aromatic carbocycles. The van der Waals surface area contributed by atoms with Crippen molar-refractivity contribution < 1.29 is 4.42 Å². The molecule has 0 N–H and O–H groups in total. The lowest BCUT2D eigenvalue weighted by Gasteiger charge is -2.14. The highest BCUT2D eigenvalue weighted by Crippen LogP contribution is 2.49. The lowest BCUT2D eigenvalue weighted by atomic mass is 9.98. The van der Waals surface area contributed by atoms with Crippen LogP contribution >= 0.6 is 11.3 Å². The van der Waals surface area contributed by atoms with Gasteiger partial charge in [0.1, 0.15) is 16.8 Å². The van der Waals surface area contributed by atoms with Crippen molar-refractivity contribution in [2.45, 2.75) is 0 Å². The zero-order chi connectivity index (χ0) is 33.2. The third-order valence-electron chi connectivity index (χ3n) is 10.6. The molecule has 5 heteroatoms. The molecule has 0 aliphatic rings. The molecule has 0 fully saturated rings. The number of aromatic nitrogens is 3. The van der Waals surface area contributed by atoms with Crippen LogP contribution in [0, 0.1) is 0 Å². The van der Waals surface area contributed by atoms with Crippen LogP contribution in [-0.2, 0) is 0 Å². The summed E-state index contributed by atoms with van der Waals surface area (Å²) in [4.78, 5) is 11.0. The summed E-state index contributed by atoms with van der Waals surface area (Å²) >= 11 is 1.87. The Morgan fingerprint density at radius 3 is 2.00 bits per heavy atom.